The highest BCUT2D eigenvalue weighted by molar-refractivity contribution is 6.06. The number of aromatic amines is 1. The van der Waals surface area contributed by atoms with Crippen LogP contribution in [0.3, 0.4) is 0 Å². The molecule has 3 rings (SSSR count). The van der Waals surface area contributed by atoms with Crippen molar-refractivity contribution < 1.29 is 14.4 Å². The number of hydrogen-bond acceptors (Lipinski definition) is 4. The molecule has 1 unspecified atom stereocenters. The number of nitrogens with one attached hydrogen (secondary N) is 3. The van der Waals surface area contributed by atoms with Crippen molar-refractivity contribution in [3.63, 3.8) is 0 Å². The Balaban J connectivity index is 1.79. The Hall–Kier alpha value is -3.09. The molecular formula is C24H32N4O3. The maximum atomic E-state index is 13.1. The molecule has 1 aliphatic carbocycles. The van der Waals surface area contributed by atoms with E-state index in [0.717, 1.165) is 18.5 Å². The van der Waals surface area contributed by atoms with Gasteiger partial charge in [0, 0.05) is 29.1 Å². The summed E-state index contributed by atoms with van der Waals surface area (Å²) in [5.74, 6) is -0.591. The first-order valence-electron chi connectivity index (χ1n) is 10.8. The molecule has 2 aromatic rings. The number of fused-ring (bicyclic) bond motifs is 1. The van der Waals surface area contributed by atoms with Crippen LogP contribution in [0.25, 0.3) is 0 Å². The maximum absolute atomic E-state index is 13.1. The zero-order chi connectivity index (χ0) is 22.8. The number of nitrogen functional groups attached to an aromatic ring is 1. The molecule has 0 spiro atoms. The third kappa shape index (κ3) is 5.16. The third-order valence-corrected chi connectivity index (χ3v) is 5.77. The van der Waals surface area contributed by atoms with Crippen LogP contribution in [-0.4, -0.2) is 28.6 Å². The summed E-state index contributed by atoms with van der Waals surface area (Å²) in [5, 5.41) is 5.71. The lowest BCUT2D eigenvalue weighted by Gasteiger charge is -2.28. The van der Waals surface area contributed by atoms with Crippen LogP contribution in [0.2, 0.25) is 0 Å². The Kier molecular flexibility index (Phi) is 6.53. The van der Waals surface area contributed by atoms with E-state index in [2.05, 4.69) is 15.6 Å². The minimum absolute atomic E-state index is 0.0580. The molecule has 0 radical (unpaired) electrons. The number of nitrogens with two attached hydrogens (primary N) is 1. The fraction of sp³-hybridized carbons (Fsp3) is 0.458. The quantitative estimate of drug-likeness (QED) is 0.503. The highest BCUT2D eigenvalue weighted by Gasteiger charge is 2.35. The third-order valence-electron chi connectivity index (χ3n) is 5.77. The Bertz CT molecular complexity index is 989. The van der Waals surface area contributed by atoms with E-state index in [9.17, 15) is 14.4 Å². The summed E-state index contributed by atoms with van der Waals surface area (Å²) in [6, 6.07) is 6.18. The molecule has 7 heteroatoms. The van der Waals surface area contributed by atoms with E-state index in [1.807, 2.05) is 20.8 Å². The largest absolute Gasteiger partial charge is 0.399 e. The smallest absolute Gasteiger partial charge is 0.268 e. The number of ketones is 1. The number of anilines is 2. The number of unbranched alkanes of at least 4 members (excludes halogenated alkanes) is 1. The molecule has 0 bridgehead atoms. The van der Waals surface area contributed by atoms with E-state index in [1.165, 1.54) is 0 Å². The van der Waals surface area contributed by atoms with Gasteiger partial charge in [-0.25, -0.2) is 0 Å². The molecule has 1 aromatic carbocycles. The van der Waals surface area contributed by atoms with Crippen LogP contribution in [0.1, 0.15) is 78.6 Å². The van der Waals surface area contributed by atoms with Crippen molar-refractivity contribution in [3.8, 4) is 0 Å². The molecule has 0 aliphatic heterocycles. The maximum Gasteiger partial charge on any atom is 0.268 e. The minimum atomic E-state index is -0.683. The zero-order valence-corrected chi connectivity index (χ0v) is 18.7. The molecule has 1 atom stereocenters. The first-order valence-corrected chi connectivity index (χ1v) is 10.8. The number of hydrogen-bond donors (Lipinski definition) is 4. The first-order chi connectivity index (χ1) is 14.6. The van der Waals surface area contributed by atoms with Crippen LogP contribution in [0.15, 0.2) is 24.3 Å². The minimum Gasteiger partial charge on any atom is -0.399 e. The highest BCUT2D eigenvalue weighted by Crippen LogP contribution is 2.36. The summed E-state index contributed by atoms with van der Waals surface area (Å²) in [4.78, 5) is 41.7. The average molecular weight is 425 g/mol. The topological polar surface area (TPSA) is 117 Å². The number of Topliss-reactive ketones (excluding diaryl/α,β-unsaturated/α-hetero) is 1. The second-order valence-corrected chi connectivity index (χ2v) is 9.20. The lowest BCUT2D eigenvalue weighted by Crippen LogP contribution is -2.44. The van der Waals surface area contributed by atoms with Crippen LogP contribution in [-0.2, 0) is 11.2 Å². The van der Waals surface area contributed by atoms with Crippen molar-refractivity contribution in [1.29, 1.82) is 0 Å². The fourth-order valence-corrected chi connectivity index (χ4v) is 4.16. The van der Waals surface area contributed by atoms with Crippen LogP contribution >= 0.6 is 0 Å². The number of aromatic nitrogens is 1. The van der Waals surface area contributed by atoms with Crippen molar-refractivity contribution in [2.45, 2.75) is 65.8 Å². The average Bonchev–Trinajstić information content (AvgIpc) is 3.02. The summed E-state index contributed by atoms with van der Waals surface area (Å²) in [5.41, 5.74) is 9.23. The molecule has 0 saturated heterocycles. The summed E-state index contributed by atoms with van der Waals surface area (Å²) in [6.07, 6.45) is 3.39. The Morgan fingerprint density at radius 1 is 1.19 bits per heavy atom. The lowest BCUT2D eigenvalue weighted by atomic mass is 9.75. The van der Waals surface area contributed by atoms with Crippen molar-refractivity contribution in [1.82, 2.24) is 10.3 Å². The van der Waals surface area contributed by atoms with E-state index in [-0.39, 0.29) is 23.0 Å². The summed E-state index contributed by atoms with van der Waals surface area (Å²) >= 11 is 0. The van der Waals surface area contributed by atoms with Crippen LogP contribution < -0.4 is 16.4 Å². The summed E-state index contributed by atoms with van der Waals surface area (Å²) in [7, 11) is 0. The van der Waals surface area contributed by atoms with Gasteiger partial charge < -0.3 is 21.4 Å². The fourth-order valence-electron chi connectivity index (χ4n) is 4.16. The molecular weight excluding hydrogens is 392 g/mol. The molecule has 1 aliphatic rings. The normalized spacial score (nSPS) is 15.8. The van der Waals surface area contributed by atoms with Gasteiger partial charge in [0.1, 0.15) is 11.7 Å². The van der Waals surface area contributed by atoms with Gasteiger partial charge in [-0.05, 0) is 55.0 Å². The van der Waals surface area contributed by atoms with Crippen molar-refractivity contribution in [2.75, 3.05) is 11.1 Å². The Morgan fingerprint density at radius 2 is 1.87 bits per heavy atom. The van der Waals surface area contributed by atoms with Gasteiger partial charge >= 0.3 is 0 Å². The number of amides is 2. The molecule has 2 amide bonds. The monoisotopic (exact) mass is 424 g/mol. The van der Waals surface area contributed by atoms with Gasteiger partial charge in [-0.3, -0.25) is 14.4 Å². The predicted octanol–water partition coefficient (Wildman–Crippen LogP) is 3.99. The zero-order valence-electron chi connectivity index (χ0n) is 18.7. The van der Waals surface area contributed by atoms with Gasteiger partial charge in [0.2, 0.25) is 5.91 Å². The van der Waals surface area contributed by atoms with Crippen molar-refractivity contribution in [3.05, 3.63) is 46.8 Å². The molecule has 5 N–H and O–H groups in total. The van der Waals surface area contributed by atoms with Gasteiger partial charge in [-0.15, -0.1) is 0 Å². The molecule has 1 aromatic heterocycles. The Morgan fingerprint density at radius 3 is 2.52 bits per heavy atom. The predicted molar refractivity (Wildman–Crippen MR) is 122 cm³/mol. The number of carbonyl (C=O) groups is 3. The van der Waals surface area contributed by atoms with Gasteiger partial charge in [-0.2, -0.15) is 0 Å². The molecule has 0 fully saturated rings. The van der Waals surface area contributed by atoms with E-state index >= 15 is 0 Å². The van der Waals surface area contributed by atoms with Gasteiger partial charge in [0.05, 0.1) is 0 Å². The van der Waals surface area contributed by atoms with Gasteiger partial charge in [0.15, 0.2) is 5.78 Å². The summed E-state index contributed by atoms with van der Waals surface area (Å²) < 4.78 is 0. The van der Waals surface area contributed by atoms with Crippen molar-refractivity contribution >= 4 is 29.0 Å². The van der Waals surface area contributed by atoms with E-state index in [0.29, 0.717) is 47.5 Å². The molecule has 31 heavy (non-hydrogen) atoms. The van der Waals surface area contributed by atoms with Crippen LogP contribution in [0.4, 0.5) is 11.4 Å². The molecule has 1 heterocycles. The van der Waals surface area contributed by atoms with Gasteiger partial charge in [0.25, 0.3) is 5.91 Å². The second-order valence-electron chi connectivity index (χ2n) is 9.20. The molecule has 0 saturated carbocycles. The molecule has 7 nitrogen and oxygen atoms in total. The number of H-pyrrole nitrogens is 1. The highest BCUT2D eigenvalue weighted by atomic mass is 16.2. The standard InChI is InChI=1S/C24H32N4O3/c1-5-6-7-17(22(30)26-16-10-8-15(25)9-11-16)28-23(31)21-14(2)20-18(27-21)12-24(3,4)13-19(20)29/h8-11,17,27H,5-7,12-13,25H2,1-4H3,(H,26,30)(H,28,31). The SMILES string of the molecule is CCCCC(NC(=O)c1[nH]c2c(c1C)C(=O)CC(C)(C)C2)C(=O)Nc1ccc(N)cc1. The van der Waals surface area contributed by atoms with Crippen LogP contribution in [0, 0.1) is 12.3 Å². The lowest BCUT2D eigenvalue weighted by molar-refractivity contribution is -0.118. The molecule has 166 valence electrons. The first kappa shape index (κ1) is 22.6. The summed E-state index contributed by atoms with van der Waals surface area (Å²) in [6.45, 7) is 7.92. The van der Waals surface area contributed by atoms with Gasteiger partial charge in [-0.1, -0.05) is 33.6 Å². The van der Waals surface area contributed by atoms with E-state index in [4.69, 9.17) is 5.73 Å². The number of rotatable bonds is 7. The van der Waals surface area contributed by atoms with E-state index < -0.39 is 6.04 Å². The number of carbonyl (C=O) groups excluding carboxylic acids is 3. The van der Waals surface area contributed by atoms with E-state index in [1.54, 1.807) is 31.2 Å². The number of benzene rings is 1. The van der Waals surface area contributed by atoms with Crippen LogP contribution in [0.5, 0.6) is 0 Å². The second kappa shape index (κ2) is 8.96. The Labute approximate surface area is 183 Å². The van der Waals surface area contributed by atoms with Crippen molar-refractivity contribution in [2.24, 2.45) is 5.41 Å².